The number of amides is 1. The molecule has 0 aliphatic heterocycles. The Morgan fingerprint density at radius 3 is 2.96 bits per heavy atom. The molecular weight excluding hydrogens is 358 g/mol. The third-order valence-electron chi connectivity index (χ3n) is 4.39. The summed E-state index contributed by atoms with van der Waals surface area (Å²) in [5, 5.41) is 21.7. The number of fused-ring (bicyclic) bond motifs is 1. The van der Waals surface area contributed by atoms with E-state index in [-0.39, 0.29) is 5.91 Å². The SMILES string of the molecule is O=C(Nc1cnn(Cc2cnc[nH]2)c1)c1n[nH]c2cc(-c3cn[nH]c3)ccc12. The standard InChI is InChI=1S/C18H15N9O/c28-18(24-14-7-23-27(9-14)8-13-6-19-10-20-13)17-15-2-1-11(3-16(15)25-26-17)12-4-21-22-5-12/h1-7,9-10H,8H2,(H,19,20)(H,21,22)(H,24,28)(H,25,26). The maximum Gasteiger partial charge on any atom is 0.276 e. The van der Waals surface area contributed by atoms with Crippen LogP contribution >= 0.6 is 0 Å². The fourth-order valence-corrected chi connectivity index (χ4v) is 3.03. The van der Waals surface area contributed by atoms with Gasteiger partial charge >= 0.3 is 0 Å². The summed E-state index contributed by atoms with van der Waals surface area (Å²) >= 11 is 0. The molecule has 5 rings (SSSR count). The Morgan fingerprint density at radius 2 is 2.14 bits per heavy atom. The van der Waals surface area contributed by atoms with E-state index in [0.717, 1.165) is 27.7 Å². The Hall–Kier alpha value is -4.21. The van der Waals surface area contributed by atoms with E-state index in [1.165, 1.54) is 0 Å². The van der Waals surface area contributed by atoms with E-state index < -0.39 is 0 Å². The Bertz CT molecular complexity index is 1230. The first-order valence-corrected chi connectivity index (χ1v) is 8.54. The molecule has 0 aliphatic rings. The van der Waals surface area contributed by atoms with Gasteiger partial charge in [0.1, 0.15) is 0 Å². The summed E-state index contributed by atoms with van der Waals surface area (Å²) in [5.41, 5.74) is 4.57. The minimum absolute atomic E-state index is 0.302. The summed E-state index contributed by atoms with van der Waals surface area (Å²) in [7, 11) is 0. The molecule has 4 N–H and O–H groups in total. The number of aromatic nitrogens is 8. The molecule has 0 radical (unpaired) electrons. The Morgan fingerprint density at radius 1 is 1.18 bits per heavy atom. The number of carbonyl (C=O) groups excluding carboxylic acids is 1. The monoisotopic (exact) mass is 373 g/mol. The molecule has 0 saturated carbocycles. The molecule has 138 valence electrons. The van der Waals surface area contributed by atoms with Gasteiger partial charge in [-0.3, -0.25) is 19.7 Å². The molecule has 4 heterocycles. The minimum Gasteiger partial charge on any atom is -0.347 e. The van der Waals surface area contributed by atoms with Crippen LogP contribution < -0.4 is 5.32 Å². The second-order valence-corrected chi connectivity index (χ2v) is 6.28. The largest absolute Gasteiger partial charge is 0.347 e. The molecular formula is C18H15N9O. The molecule has 10 heteroatoms. The van der Waals surface area contributed by atoms with Crippen LogP contribution in [0.2, 0.25) is 0 Å². The smallest absolute Gasteiger partial charge is 0.276 e. The number of imidazole rings is 1. The Kier molecular flexibility index (Phi) is 3.72. The number of hydrogen-bond donors (Lipinski definition) is 4. The first-order chi connectivity index (χ1) is 13.8. The van der Waals surface area contributed by atoms with Gasteiger partial charge in [0.05, 0.1) is 42.2 Å². The third kappa shape index (κ3) is 2.92. The Balaban J connectivity index is 1.35. The summed E-state index contributed by atoms with van der Waals surface area (Å²) in [6, 6.07) is 5.74. The van der Waals surface area contributed by atoms with E-state index in [2.05, 4.69) is 40.8 Å². The number of hydrogen-bond acceptors (Lipinski definition) is 5. The highest BCUT2D eigenvalue weighted by molar-refractivity contribution is 6.11. The normalized spacial score (nSPS) is 11.1. The highest BCUT2D eigenvalue weighted by Gasteiger charge is 2.16. The van der Waals surface area contributed by atoms with Gasteiger partial charge in [-0.05, 0) is 17.7 Å². The number of anilines is 1. The lowest BCUT2D eigenvalue weighted by molar-refractivity contribution is 0.102. The van der Waals surface area contributed by atoms with Gasteiger partial charge in [-0.1, -0.05) is 6.07 Å². The average molecular weight is 373 g/mol. The summed E-state index contributed by atoms with van der Waals surface area (Å²) in [6.45, 7) is 0.540. The fraction of sp³-hybridized carbons (Fsp3) is 0.0556. The quantitative estimate of drug-likeness (QED) is 0.375. The van der Waals surface area contributed by atoms with Crippen LogP contribution in [0.1, 0.15) is 16.2 Å². The summed E-state index contributed by atoms with van der Waals surface area (Å²) < 4.78 is 1.71. The minimum atomic E-state index is -0.302. The zero-order valence-corrected chi connectivity index (χ0v) is 14.5. The first kappa shape index (κ1) is 16.0. The van der Waals surface area contributed by atoms with Crippen molar-refractivity contribution in [3.05, 3.63) is 66.9 Å². The Labute approximate surface area is 158 Å². The van der Waals surface area contributed by atoms with E-state index >= 15 is 0 Å². The number of carbonyl (C=O) groups is 1. The van der Waals surface area contributed by atoms with E-state index in [1.807, 2.05) is 24.4 Å². The molecule has 0 bridgehead atoms. The van der Waals surface area contributed by atoms with Crippen molar-refractivity contribution in [2.45, 2.75) is 6.54 Å². The summed E-state index contributed by atoms with van der Waals surface area (Å²) in [6.07, 6.45) is 10.2. The number of nitrogens with one attached hydrogen (secondary N) is 4. The van der Waals surface area contributed by atoms with Gasteiger partial charge in [0.15, 0.2) is 5.69 Å². The van der Waals surface area contributed by atoms with Crippen molar-refractivity contribution in [1.29, 1.82) is 0 Å². The van der Waals surface area contributed by atoms with Crippen LogP contribution in [0, 0.1) is 0 Å². The predicted octanol–water partition coefficient (Wildman–Crippen LogP) is 2.17. The lowest BCUT2D eigenvalue weighted by atomic mass is 10.1. The summed E-state index contributed by atoms with van der Waals surface area (Å²) in [4.78, 5) is 19.7. The van der Waals surface area contributed by atoms with Gasteiger partial charge in [-0.25, -0.2) is 4.98 Å². The van der Waals surface area contributed by atoms with Gasteiger partial charge in [-0.15, -0.1) is 0 Å². The molecule has 1 amide bonds. The van der Waals surface area contributed by atoms with Crippen molar-refractivity contribution in [1.82, 2.24) is 40.1 Å². The molecule has 0 aliphatic carbocycles. The highest BCUT2D eigenvalue weighted by atomic mass is 16.2. The van der Waals surface area contributed by atoms with E-state index in [4.69, 9.17) is 0 Å². The first-order valence-electron chi connectivity index (χ1n) is 8.54. The molecule has 4 aromatic heterocycles. The molecule has 5 aromatic rings. The predicted molar refractivity (Wildman–Crippen MR) is 102 cm³/mol. The molecule has 0 unspecified atom stereocenters. The van der Waals surface area contributed by atoms with Gasteiger partial charge in [0, 0.05) is 29.5 Å². The van der Waals surface area contributed by atoms with E-state index in [0.29, 0.717) is 17.9 Å². The topological polar surface area (TPSA) is 133 Å². The molecule has 0 fully saturated rings. The van der Waals surface area contributed by atoms with Crippen LogP contribution in [0.25, 0.3) is 22.0 Å². The maximum atomic E-state index is 12.7. The lowest BCUT2D eigenvalue weighted by Gasteiger charge is -2.01. The maximum absolute atomic E-state index is 12.7. The van der Waals surface area contributed by atoms with Crippen molar-refractivity contribution in [3.63, 3.8) is 0 Å². The van der Waals surface area contributed by atoms with Gasteiger partial charge in [0.25, 0.3) is 5.91 Å². The van der Waals surface area contributed by atoms with Crippen LogP contribution in [0.15, 0.2) is 55.5 Å². The van der Waals surface area contributed by atoms with Crippen LogP contribution in [0.3, 0.4) is 0 Å². The zero-order chi connectivity index (χ0) is 18.9. The van der Waals surface area contributed by atoms with Crippen molar-refractivity contribution in [2.75, 3.05) is 5.32 Å². The van der Waals surface area contributed by atoms with Crippen molar-refractivity contribution >= 4 is 22.5 Å². The number of rotatable bonds is 5. The van der Waals surface area contributed by atoms with Gasteiger partial charge in [-0.2, -0.15) is 15.3 Å². The van der Waals surface area contributed by atoms with Crippen molar-refractivity contribution in [2.24, 2.45) is 0 Å². The van der Waals surface area contributed by atoms with Crippen LogP contribution in [0.5, 0.6) is 0 Å². The van der Waals surface area contributed by atoms with Crippen LogP contribution in [-0.4, -0.2) is 46.1 Å². The van der Waals surface area contributed by atoms with Crippen molar-refractivity contribution < 1.29 is 4.79 Å². The number of H-pyrrole nitrogens is 3. The zero-order valence-electron chi connectivity index (χ0n) is 14.5. The van der Waals surface area contributed by atoms with Crippen molar-refractivity contribution in [3.8, 4) is 11.1 Å². The third-order valence-corrected chi connectivity index (χ3v) is 4.39. The molecule has 10 nitrogen and oxygen atoms in total. The summed E-state index contributed by atoms with van der Waals surface area (Å²) in [5.74, 6) is -0.302. The van der Waals surface area contributed by atoms with Crippen LogP contribution in [0.4, 0.5) is 5.69 Å². The van der Waals surface area contributed by atoms with E-state index in [1.54, 1.807) is 35.8 Å². The van der Waals surface area contributed by atoms with E-state index in [9.17, 15) is 4.79 Å². The number of nitrogens with zero attached hydrogens (tertiary/aromatic N) is 5. The second-order valence-electron chi connectivity index (χ2n) is 6.28. The molecule has 0 spiro atoms. The van der Waals surface area contributed by atoms with Gasteiger partial charge < -0.3 is 10.3 Å². The number of benzene rings is 1. The number of aromatic amines is 3. The molecule has 0 atom stereocenters. The second kappa shape index (κ2) is 6.50. The molecule has 28 heavy (non-hydrogen) atoms. The molecule has 1 aromatic carbocycles. The van der Waals surface area contributed by atoms with Gasteiger partial charge in [0.2, 0.25) is 0 Å². The lowest BCUT2D eigenvalue weighted by Crippen LogP contribution is -2.12. The molecule has 0 saturated heterocycles. The average Bonchev–Trinajstić information content (AvgIpc) is 3.49. The highest BCUT2D eigenvalue weighted by Crippen LogP contribution is 2.24. The van der Waals surface area contributed by atoms with Crippen LogP contribution in [-0.2, 0) is 6.54 Å². The fourth-order valence-electron chi connectivity index (χ4n) is 3.03.